The zero-order valence-electron chi connectivity index (χ0n) is 12.4. The fourth-order valence-corrected chi connectivity index (χ4v) is 2.53. The summed E-state index contributed by atoms with van der Waals surface area (Å²) in [5.41, 5.74) is 0.972. The van der Waals surface area contributed by atoms with Crippen LogP contribution >= 0.6 is 0 Å². The molecule has 0 unspecified atom stereocenters. The van der Waals surface area contributed by atoms with Crippen LogP contribution in [0, 0.1) is 17.2 Å². The molecule has 1 N–H and O–H groups in total. The highest BCUT2D eigenvalue weighted by Crippen LogP contribution is 2.40. The second-order valence-electron chi connectivity index (χ2n) is 5.42. The molecule has 1 aromatic carbocycles. The Labute approximate surface area is 128 Å². The number of nitrogens with one attached hydrogen (secondary N) is 1. The smallest absolute Gasteiger partial charge is 0.251 e. The number of carbonyl (C=O) groups excluding carboxylic acids is 1. The molecule has 0 aliphatic heterocycles. The first-order valence-electron chi connectivity index (χ1n) is 7.41. The van der Waals surface area contributed by atoms with E-state index in [-0.39, 0.29) is 11.9 Å². The second kappa shape index (κ2) is 5.98. The van der Waals surface area contributed by atoms with Crippen molar-refractivity contribution in [2.45, 2.75) is 32.4 Å². The van der Waals surface area contributed by atoms with Gasteiger partial charge in [0.25, 0.3) is 5.91 Å². The number of rotatable bonds is 5. The van der Waals surface area contributed by atoms with Crippen LogP contribution in [0.25, 0.3) is 0 Å². The summed E-state index contributed by atoms with van der Waals surface area (Å²) in [5, 5.41) is 16.2. The van der Waals surface area contributed by atoms with Gasteiger partial charge in [0.05, 0.1) is 17.7 Å². The van der Waals surface area contributed by atoms with E-state index in [0.29, 0.717) is 17.0 Å². The van der Waals surface area contributed by atoms with Crippen LogP contribution in [0.5, 0.6) is 0 Å². The van der Waals surface area contributed by atoms with Crippen LogP contribution in [0.2, 0.25) is 0 Å². The Balaban J connectivity index is 1.82. The van der Waals surface area contributed by atoms with Crippen molar-refractivity contribution in [3.8, 4) is 6.07 Å². The third-order valence-corrected chi connectivity index (χ3v) is 3.86. The molecule has 0 saturated heterocycles. The van der Waals surface area contributed by atoms with Crippen molar-refractivity contribution >= 4 is 5.91 Å². The number of benzene rings is 1. The van der Waals surface area contributed by atoms with Crippen molar-refractivity contribution in [1.82, 2.24) is 20.1 Å². The van der Waals surface area contributed by atoms with Gasteiger partial charge < -0.3 is 5.32 Å². The number of aryl methyl sites for hydroxylation is 1. The molecule has 1 aliphatic carbocycles. The summed E-state index contributed by atoms with van der Waals surface area (Å²) >= 11 is 0. The minimum atomic E-state index is -0.181. The van der Waals surface area contributed by atoms with Crippen LogP contribution in [0.3, 0.4) is 0 Å². The molecule has 1 aliphatic rings. The summed E-state index contributed by atoms with van der Waals surface area (Å²) in [6.07, 6.45) is 3.69. The first kappa shape index (κ1) is 14.3. The standard InChI is InChI=1S/C16H17N5O/c1-2-21-15(18-10-19-21)14(12-6-7-12)20-16(22)13-5-3-4-11(8-13)9-17/h3-5,8,10,12,14H,2,6-7H2,1H3,(H,20,22)/t14-/m0/s1. The zero-order valence-corrected chi connectivity index (χ0v) is 12.4. The lowest BCUT2D eigenvalue weighted by molar-refractivity contribution is 0.0928. The number of nitriles is 1. The van der Waals surface area contributed by atoms with E-state index < -0.39 is 0 Å². The van der Waals surface area contributed by atoms with Gasteiger partial charge >= 0.3 is 0 Å². The monoisotopic (exact) mass is 295 g/mol. The van der Waals surface area contributed by atoms with Gasteiger partial charge in [-0.05, 0) is 43.9 Å². The van der Waals surface area contributed by atoms with E-state index in [1.54, 1.807) is 24.3 Å². The molecule has 0 radical (unpaired) electrons. The SMILES string of the molecule is CCn1ncnc1[C@@H](NC(=O)c1cccc(C#N)c1)C1CC1. The first-order chi connectivity index (χ1) is 10.7. The van der Waals surface area contributed by atoms with Gasteiger partial charge in [0, 0.05) is 12.1 Å². The lowest BCUT2D eigenvalue weighted by Crippen LogP contribution is -2.32. The average Bonchev–Trinajstić information content (AvgIpc) is 3.29. The molecular weight excluding hydrogens is 278 g/mol. The van der Waals surface area contributed by atoms with Gasteiger partial charge in [0.2, 0.25) is 0 Å². The molecule has 22 heavy (non-hydrogen) atoms. The topological polar surface area (TPSA) is 83.6 Å². The molecule has 3 rings (SSSR count). The van der Waals surface area contributed by atoms with Crippen molar-refractivity contribution < 1.29 is 4.79 Å². The fourth-order valence-electron chi connectivity index (χ4n) is 2.53. The lowest BCUT2D eigenvalue weighted by Gasteiger charge is -2.18. The summed E-state index contributed by atoms with van der Waals surface area (Å²) in [5.74, 6) is 1.03. The largest absolute Gasteiger partial charge is 0.342 e. The molecule has 1 aromatic heterocycles. The van der Waals surface area contributed by atoms with Crippen LogP contribution in [-0.4, -0.2) is 20.7 Å². The minimum absolute atomic E-state index is 0.124. The van der Waals surface area contributed by atoms with E-state index in [1.165, 1.54) is 6.33 Å². The van der Waals surface area contributed by atoms with Gasteiger partial charge in [-0.15, -0.1) is 0 Å². The molecule has 1 heterocycles. The van der Waals surface area contributed by atoms with Gasteiger partial charge in [-0.1, -0.05) is 6.07 Å². The predicted molar refractivity (Wildman–Crippen MR) is 79.8 cm³/mol. The normalized spacial score (nSPS) is 15.1. The molecule has 1 saturated carbocycles. The van der Waals surface area contributed by atoms with E-state index in [4.69, 9.17) is 5.26 Å². The molecule has 2 aromatic rings. The number of hydrogen-bond donors (Lipinski definition) is 1. The third-order valence-electron chi connectivity index (χ3n) is 3.86. The molecule has 0 spiro atoms. The van der Waals surface area contributed by atoms with Crippen molar-refractivity contribution in [2.24, 2.45) is 5.92 Å². The van der Waals surface area contributed by atoms with Crippen molar-refractivity contribution in [2.75, 3.05) is 0 Å². The average molecular weight is 295 g/mol. The van der Waals surface area contributed by atoms with Crippen LogP contribution < -0.4 is 5.32 Å². The van der Waals surface area contributed by atoms with Gasteiger partial charge in [-0.3, -0.25) is 4.79 Å². The van der Waals surface area contributed by atoms with Gasteiger partial charge in [-0.25, -0.2) is 9.67 Å². The highest BCUT2D eigenvalue weighted by molar-refractivity contribution is 5.94. The Bertz CT molecular complexity index is 726. The van der Waals surface area contributed by atoms with Crippen molar-refractivity contribution in [1.29, 1.82) is 5.26 Å². The van der Waals surface area contributed by atoms with Crippen molar-refractivity contribution in [3.05, 3.63) is 47.5 Å². The maximum Gasteiger partial charge on any atom is 0.251 e. The Hall–Kier alpha value is -2.68. The van der Waals surface area contributed by atoms with E-state index >= 15 is 0 Å². The zero-order chi connectivity index (χ0) is 15.5. The van der Waals surface area contributed by atoms with E-state index in [0.717, 1.165) is 25.2 Å². The summed E-state index contributed by atoms with van der Waals surface area (Å²) in [6.45, 7) is 2.72. The third kappa shape index (κ3) is 2.84. The number of carbonyl (C=O) groups is 1. The molecule has 1 atom stereocenters. The lowest BCUT2D eigenvalue weighted by atomic mass is 10.1. The predicted octanol–water partition coefficient (Wildman–Crippen LogP) is 2.05. The molecule has 1 amide bonds. The molecule has 112 valence electrons. The number of amides is 1. The van der Waals surface area contributed by atoms with E-state index in [1.807, 2.05) is 17.7 Å². The van der Waals surface area contributed by atoms with Gasteiger partial charge in [0.15, 0.2) is 0 Å². The van der Waals surface area contributed by atoms with E-state index in [9.17, 15) is 4.79 Å². The Morgan fingerprint density at radius 1 is 1.55 bits per heavy atom. The second-order valence-corrected chi connectivity index (χ2v) is 5.42. The van der Waals surface area contributed by atoms with Gasteiger partial charge in [-0.2, -0.15) is 10.4 Å². The maximum absolute atomic E-state index is 12.5. The Morgan fingerprint density at radius 3 is 3.05 bits per heavy atom. The first-order valence-corrected chi connectivity index (χ1v) is 7.41. The summed E-state index contributed by atoms with van der Waals surface area (Å²) in [4.78, 5) is 16.8. The highest BCUT2D eigenvalue weighted by Gasteiger charge is 2.36. The maximum atomic E-state index is 12.5. The fraction of sp³-hybridized carbons (Fsp3) is 0.375. The Kier molecular flexibility index (Phi) is 3.88. The highest BCUT2D eigenvalue weighted by atomic mass is 16.1. The molecule has 1 fully saturated rings. The molecule has 6 nitrogen and oxygen atoms in total. The number of aromatic nitrogens is 3. The summed E-state index contributed by atoms with van der Waals surface area (Å²) in [7, 11) is 0. The van der Waals surface area contributed by atoms with Crippen LogP contribution in [0.1, 0.15) is 47.6 Å². The molecular formula is C16H17N5O. The number of hydrogen-bond acceptors (Lipinski definition) is 4. The molecule has 6 heteroatoms. The molecule has 0 bridgehead atoms. The van der Waals surface area contributed by atoms with Gasteiger partial charge in [0.1, 0.15) is 12.2 Å². The van der Waals surface area contributed by atoms with Crippen LogP contribution in [0.15, 0.2) is 30.6 Å². The number of nitrogens with zero attached hydrogens (tertiary/aromatic N) is 4. The van der Waals surface area contributed by atoms with Crippen molar-refractivity contribution in [3.63, 3.8) is 0 Å². The Morgan fingerprint density at radius 2 is 2.36 bits per heavy atom. The quantitative estimate of drug-likeness (QED) is 0.915. The minimum Gasteiger partial charge on any atom is -0.342 e. The summed E-state index contributed by atoms with van der Waals surface area (Å²) < 4.78 is 1.81. The van der Waals surface area contributed by atoms with Crippen LogP contribution in [-0.2, 0) is 6.54 Å². The summed E-state index contributed by atoms with van der Waals surface area (Å²) in [6, 6.07) is 8.64. The van der Waals surface area contributed by atoms with Crippen LogP contribution in [0.4, 0.5) is 0 Å². The van der Waals surface area contributed by atoms with E-state index in [2.05, 4.69) is 15.4 Å².